The topological polar surface area (TPSA) is 39.2 Å². The van der Waals surface area contributed by atoms with Gasteiger partial charge in [-0.25, -0.2) is 0 Å². The zero-order valence-corrected chi connectivity index (χ0v) is 7.49. The van der Waals surface area contributed by atoms with Gasteiger partial charge in [0.2, 0.25) is 0 Å². The van der Waals surface area contributed by atoms with E-state index in [1.54, 1.807) is 6.20 Å². The highest BCUT2D eigenvalue weighted by molar-refractivity contribution is 5.79. The molecular weight excluding hydrogens is 166 g/mol. The van der Waals surface area contributed by atoms with E-state index >= 15 is 0 Å². The summed E-state index contributed by atoms with van der Waals surface area (Å²) in [5, 5.41) is 0. The number of aryl methyl sites for hydroxylation is 1. The first-order valence-corrected chi connectivity index (χ1v) is 4.34. The molecule has 0 fully saturated rings. The fourth-order valence-electron chi connectivity index (χ4n) is 1.80. The average molecular weight is 177 g/mol. The van der Waals surface area contributed by atoms with E-state index in [9.17, 15) is 4.79 Å². The molecule has 3 nitrogen and oxygen atoms in total. The lowest BCUT2D eigenvalue weighted by Crippen LogP contribution is -2.11. The number of esters is 1. The van der Waals surface area contributed by atoms with E-state index in [2.05, 4.69) is 4.98 Å². The molecular formula is C10H11NO2. The number of carbonyl (C=O) groups excluding carboxylic acids is 1. The minimum Gasteiger partial charge on any atom is -0.469 e. The zero-order valence-electron chi connectivity index (χ0n) is 7.49. The van der Waals surface area contributed by atoms with Gasteiger partial charge in [-0.15, -0.1) is 0 Å². The molecule has 2 rings (SSSR count). The van der Waals surface area contributed by atoms with Gasteiger partial charge in [-0.2, -0.15) is 0 Å². The van der Waals surface area contributed by atoms with Gasteiger partial charge in [-0.05, 0) is 24.5 Å². The number of carbonyl (C=O) groups is 1. The first-order chi connectivity index (χ1) is 6.33. The number of methoxy groups -OCH3 is 1. The second-order valence-electron chi connectivity index (χ2n) is 3.15. The Hall–Kier alpha value is -1.38. The number of nitrogens with zero attached hydrogens (tertiary/aromatic N) is 1. The van der Waals surface area contributed by atoms with Gasteiger partial charge in [-0.3, -0.25) is 9.78 Å². The Bertz CT molecular complexity index is 335. The highest BCUT2D eigenvalue weighted by atomic mass is 16.5. The minimum atomic E-state index is -0.147. The normalized spacial score (nSPS) is 19.6. The van der Waals surface area contributed by atoms with E-state index < -0.39 is 0 Å². The van der Waals surface area contributed by atoms with Crippen molar-refractivity contribution in [2.45, 2.75) is 18.8 Å². The summed E-state index contributed by atoms with van der Waals surface area (Å²) in [5.74, 6) is -0.236. The largest absolute Gasteiger partial charge is 0.469 e. The summed E-state index contributed by atoms with van der Waals surface area (Å²) in [5.41, 5.74) is 2.08. The third kappa shape index (κ3) is 1.30. The number of ether oxygens (including phenoxy) is 1. The summed E-state index contributed by atoms with van der Waals surface area (Å²) in [6.07, 6.45) is 3.48. The van der Waals surface area contributed by atoms with Gasteiger partial charge in [0.15, 0.2) is 0 Å². The van der Waals surface area contributed by atoms with Crippen LogP contribution in [-0.2, 0) is 16.0 Å². The SMILES string of the molecule is COC(=O)[C@H]1CCc2ncccc21. The van der Waals surface area contributed by atoms with Crippen molar-refractivity contribution in [3.63, 3.8) is 0 Å². The van der Waals surface area contributed by atoms with Gasteiger partial charge in [0, 0.05) is 11.9 Å². The monoisotopic (exact) mass is 177 g/mol. The van der Waals surface area contributed by atoms with Gasteiger partial charge in [0.1, 0.15) is 0 Å². The van der Waals surface area contributed by atoms with Crippen LogP contribution in [-0.4, -0.2) is 18.1 Å². The lowest BCUT2D eigenvalue weighted by atomic mass is 10.0. The summed E-state index contributed by atoms with van der Waals surface area (Å²) in [7, 11) is 1.43. The van der Waals surface area contributed by atoms with Crippen LogP contribution in [0.5, 0.6) is 0 Å². The molecule has 0 aliphatic heterocycles. The Labute approximate surface area is 76.7 Å². The standard InChI is InChI=1S/C10H11NO2/c1-13-10(12)8-4-5-9-7(8)3-2-6-11-9/h2-3,6,8H,4-5H2,1H3/t8-/m0/s1. The van der Waals surface area contributed by atoms with Crippen LogP contribution in [0.1, 0.15) is 23.6 Å². The van der Waals surface area contributed by atoms with Crippen molar-refractivity contribution >= 4 is 5.97 Å². The van der Waals surface area contributed by atoms with E-state index in [1.807, 2.05) is 12.1 Å². The van der Waals surface area contributed by atoms with E-state index in [0.29, 0.717) is 0 Å². The Kier molecular flexibility index (Phi) is 2.00. The third-order valence-electron chi connectivity index (χ3n) is 2.46. The molecule has 1 aliphatic rings. The molecule has 1 atom stereocenters. The second-order valence-corrected chi connectivity index (χ2v) is 3.15. The molecule has 0 radical (unpaired) electrons. The second kappa shape index (κ2) is 3.17. The molecule has 0 N–H and O–H groups in total. The molecule has 68 valence electrons. The fraction of sp³-hybridized carbons (Fsp3) is 0.400. The third-order valence-corrected chi connectivity index (χ3v) is 2.46. The van der Waals surface area contributed by atoms with Crippen LogP contribution < -0.4 is 0 Å². The predicted octanol–water partition coefficient (Wildman–Crippen LogP) is 1.28. The number of rotatable bonds is 1. The zero-order chi connectivity index (χ0) is 9.26. The van der Waals surface area contributed by atoms with Crippen molar-refractivity contribution in [3.05, 3.63) is 29.6 Å². The van der Waals surface area contributed by atoms with Crippen LogP contribution >= 0.6 is 0 Å². The Morgan fingerprint density at radius 3 is 3.31 bits per heavy atom. The smallest absolute Gasteiger partial charge is 0.313 e. The van der Waals surface area contributed by atoms with Gasteiger partial charge in [0.05, 0.1) is 13.0 Å². The lowest BCUT2D eigenvalue weighted by molar-refractivity contribution is -0.142. The van der Waals surface area contributed by atoms with Crippen LogP contribution in [0, 0.1) is 0 Å². The number of aromatic nitrogens is 1. The quantitative estimate of drug-likeness (QED) is 0.607. The molecule has 0 saturated heterocycles. The predicted molar refractivity (Wildman–Crippen MR) is 47.3 cm³/mol. The summed E-state index contributed by atoms with van der Waals surface area (Å²) in [4.78, 5) is 15.5. The van der Waals surface area contributed by atoms with Gasteiger partial charge >= 0.3 is 5.97 Å². The van der Waals surface area contributed by atoms with Gasteiger partial charge in [0.25, 0.3) is 0 Å². The van der Waals surface area contributed by atoms with Crippen LogP contribution in [0.4, 0.5) is 0 Å². The highest BCUT2D eigenvalue weighted by Crippen LogP contribution is 2.31. The van der Waals surface area contributed by atoms with Gasteiger partial charge in [-0.1, -0.05) is 6.07 Å². The van der Waals surface area contributed by atoms with Crippen LogP contribution in [0.25, 0.3) is 0 Å². The molecule has 1 aromatic heterocycles. The van der Waals surface area contributed by atoms with Crippen LogP contribution in [0.2, 0.25) is 0 Å². The number of hydrogen-bond donors (Lipinski definition) is 0. The maximum Gasteiger partial charge on any atom is 0.313 e. The maximum absolute atomic E-state index is 11.3. The summed E-state index contributed by atoms with van der Waals surface area (Å²) in [6, 6.07) is 3.82. The van der Waals surface area contributed by atoms with Gasteiger partial charge < -0.3 is 4.74 Å². The first-order valence-electron chi connectivity index (χ1n) is 4.34. The van der Waals surface area contributed by atoms with Crippen molar-refractivity contribution in [1.29, 1.82) is 0 Å². The molecule has 0 amide bonds. The molecule has 1 aliphatic carbocycles. The molecule has 3 heteroatoms. The van der Waals surface area contributed by atoms with E-state index in [-0.39, 0.29) is 11.9 Å². The first kappa shape index (κ1) is 8.23. The number of pyridine rings is 1. The lowest BCUT2D eigenvalue weighted by Gasteiger charge is -2.07. The molecule has 13 heavy (non-hydrogen) atoms. The Morgan fingerprint density at radius 2 is 2.54 bits per heavy atom. The van der Waals surface area contributed by atoms with E-state index in [4.69, 9.17) is 4.74 Å². The molecule has 0 saturated carbocycles. The molecule has 0 spiro atoms. The summed E-state index contributed by atoms with van der Waals surface area (Å²) >= 11 is 0. The summed E-state index contributed by atoms with van der Waals surface area (Å²) in [6.45, 7) is 0. The average Bonchev–Trinajstić information content (AvgIpc) is 2.60. The molecule has 1 heterocycles. The van der Waals surface area contributed by atoms with E-state index in [0.717, 1.165) is 24.1 Å². The van der Waals surface area contributed by atoms with Crippen LogP contribution in [0.15, 0.2) is 18.3 Å². The van der Waals surface area contributed by atoms with Crippen molar-refractivity contribution in [1.82, 2.24) is 4.98 Å². The number of fused-ring (bicyclic) bond motifs is 1. The van der Waals surface area contributed by atoms with E-state index in [1.165, 1.54) is 7.11 Å². The van der Waals surface area contributed by atoms with Crippen molar-refractivity contribution in [2.24, 2.45) is 0 Å². The van der Waals surface area contributed by atoms with Crippen molar-refractivity contribution < 1.29 is 9.53 Å². The Balaban J connectivity index is 2.33. The Morgan fingerprint density at radius 1 is 1.69 bits per heavy atom. The van der Waals surface area contributed by atoms with Crippen molar-refractivity contribution in [2.75, 3.05) is 7.11 Å². The molecule has 0 aromatic carbocycles. The molecule has 0 unspecified atom stereocenters. The highest BCUT2D eigenvalue weighted by Gasteiger charge is 2.29. The van der Waals surface area contributed by atoms with Crippen molar-refractivity contribution in [3.8, 4) is 0 Å². The maximum atomic E-state index is 11.3. The number of hydrogen-bond acceptors (Lipinski definition) is 3. The summed E-state index contributed by atoms with van der Waals surface area (Å²) < 4.78 is 4.72. The van der Waals surface area contributed by atoms with Crippen LogP contribution in [0.3, 0.4) is 0 Å². The minimum absolute atomic E-state index is 0.0892. The molecule has 0 bridgehead atoms. The fourth-order valence-corrected chi connectivity index (χ4v) is 1.80. The molecule has 1 aromatic rings.